The average molecular weight is 321 g/mol. The highest BCUT2D eigenvalue weighted by Crippen LogP contribution is 2.25. The molecule has 5 heteroatoms. The summed E-state index contributed by atoms with van der Waals surface area (Å²) >= 11 is 11.0. The van der Waals surface area contributed by atoms with Crippen LogP contribution >= 0.6 is 23.8 Å². The van der Waals surface area contributed by atoms with E-state index in [0.717, 1.165) is 35.7 Å². The Morgan fingerprint density at radius 1 is 1.24 bits per heavy atom. The van der Waals surface area contributed by atoms with Gasteiger partial charge in [0, 0.05) is 22.0 Å². The van der Waals surface area contributed by atoms with Crippen LogP contribution < -0.4 is 15.8 Å². The lowest BCUT2D eigenvalue weighted by molar-refractivity contribution is 0.317. The molecule has 3 N–H and O–H groups in total. The maximum absolute atomic E-state index is 5.97. The number of ether oxygens (including phenoxy) is 1. The largest absolute Gasteiger partial charge is 0.494 e. The van der Waals surface area contributed by atoms with Gasteiger partial charge in [-0.25, -0.2) is 0 Å². The van der Waals surface area contributed by atoms with Gasteiger partial charge in [0.15, 0.2) is 0 Å². The number of rotatable bonds is 6. The minimum Gasteiger partial charge on any atom is -0.494 e. The van der Waals surface area contributed by atoms with E-state index in [2.05, 4.69) is 12.2 Å². The fourth-order valence-electron chi connectivity index (χ4n) is 1.84. The van der Waals surface area contributed by atoms with Crippen molar-refractivity contribution in [2.45, 2.75) is 13.3 Å². The molecule has 2 aromatic rings. The van der Waals surface area contributed by atoms with Crippen molar-refractivity contribution >= 4 is 40.2 Å². The van der Waals surface area contributed by atoms with Crippen molar-refractivity contribution < 1.29 is 4.74 Å². The highest BCUT2D eigenvalue weighted by molar-refractivity contribution is 7.80. The van der Waals surface area contributed by atoms with Crippen molar-refractivity contribution in [2.75, 3.05) is 11.9 Å². The summed E-state index contributed by atoms with van der Waals surface area (Å²) in [5.41, 5.74) is 8.21. The minimum absolute atomic E-state index is 0.308. The first-order chi connectivity index (χ1) is 10.1. The molecule has 2 aromatic carbocycles. The van der Waals surface area contributed by atoms with Crippen LogP contribution in [0.4, 0.5) is 11.4 Å². The van der Waals surface area contributed by atoms with Gasteiger partial charge in [0.2, 0.25) is 0 Å². The molecule has 0 atom stereocenters. The zero-order valence-electron chi connectivity index (χ0n) is 11.7. The molecular weight excluding hydrogens is 304 g/mol. The summed E-state index contributed by atoms with van der Waals surface area (Å²) in [6, 6.07) is 13.2. The Bertz CT molecular complexity index is 629. The number of nitrogens with one attached hydrogen (secondary N) is 1. The Labute approximate surface area is 135 Å². The molecule has 0 spiro atoms. The van der Waals surface area contributed by atoms with Crippen LogP contribution in [0.15, 0.2) is 42.5 Å². The maximum atomic E-state index is 5.97. The van der Waals surface area contributed by atoms with Crippen LogP contribution in [0.2, 0.25) is 5.02 Å². The van der Waals surface area contributed by atoms with E-state index in [-0.39, 0.29) is 0 Å². The molecule has 0 saturated heterocycles. The molecule has 0 unspecified atom stereocenters. The van der Waals surface area contributed by atoms with E-state index in [1.807, 2.05) is 30.3 Å². The van der Waals surface area contributed by atoms with Gasteiger partial charge in [-0.05, 0) is 48.9 Å². The monoisotopic (exact) mass is 320 g/mol. The molecule has 0 heterocycles. The smallest absolute Gasteiger partial charge is 0.119 e. The van der Waals surface area contributed by atoms with E-state index in [9.17, 15) is 0 Å². The summed E-state index contributed by atoms with van der Waals surface area (Å²) in [7, 11) is 0. The van der Waals surface area contributed by atoms with Crippen molar-refractivity contribution in [2.24, 2.45) is 5.73 Å². The Balaban J connectivity index is 2.16. The van der Waals surface area contributed by atoms with Gasteiger partial charge in [0.1, 0.15) is 10.7 Å². The molecular formula is C16H17ClN2OS. The molecule has 0 aliphatic rings. The molecule has 0 saturated carbocycles. The van der Waals surface area contributed by atoms with Crippen molar-refractivity contribution in [3.8, 4) is 5.75 Å². The van der Waals surface area contributed by atoms with Gasteiger partial charge in [-0.15, -0.1) is 0 Å². The van der Waals surface area contributed by atoms with Crippen LogP contribution in [-0.2, 0) is 0 Å². The van der Waals surface area contributed by atoms with E-state index in [4.69, 9.17) is 34.3 Å². The fraction of sp³-hybridized carbons (Fsp3) is 0.188. The third-order valence-electron chi connectivity index (χ3n) is 2.85. The van der Waals surface area contributed by atoms with Crippen molar-refractivity contribution in [3.05, 3.63) is 53.1 Å². The molecule has 3 nitrogen and oxygen atoms in total. The first-order valence-electron chi connectivity index (χ1n) is 6.69. The molecule has 2 rings (SSSR count). The summed E-state index contributed by atoms with van der Waals surface area (Å²) in [6.45, 7) is 2.79. The van der Waals surface area contributed by atoms with Gasteiger partial charge in [0.05, 0.1) is 6.61 Å². The van der Waals surface area contributed by atoms with Gasteiger partial charge in [-0.3, -0.25) is 0 Å². The summed E-state index contributed by atoms with van der Waals surface area (Å²) in [4.78, 5) is 0.308. The van der Waals surface area contributed by atoms with E-state index >= 15 is 0 Å². The number of anilines is 2. The molecule has 0 amide bonds. The van der Waals surface area contributed by atoms with Gasteiger partial charge >= 0.3 is 0 Å². The van der Waals surface area contributed by atoms with Crippen LogP contribution in [0.25, 0.3) is 0 Å². The molecule has 0 fully saturated rings. The van der Waals surface area contributed by atoms with Crippen LogP contribution in [0, 0.1) is 0 Å². The molecule has 0 aromatic heterocycles. The number of halogens is 1. The van der Waals surface area contributed by atoms with Crippen molar-refractivity contribution in [1.29, 1.82) is 0 Å². The fourth-order valence-corrected chi connectivity index (χ4v) is 2.18. The van der Waals surface area contributed by atoms with Crippen LogP contribution in [-0.4, -0.2) is 11.6 Å². The highest BCUT2D eigenvalue weighted by Gasteiger charge is 2.06. The standard InChI is InChI=1S/C16H17ClN2OS/c1-2-9-20-13-6-4-12(5-7-13)19-15-8-3-11(17)10-14(15)16(18)21/h3-8,10,19H,2,9H2,1H3,(H2,18,21). The van der Waals surface area contributed by atoms with E-state index in [1.54, 1.807) is 12.1 Å². The number of benzene rings is 2. The average Bonchev–Trinajstić information content (AvgIpc) is 2.48. The second-order valence-corrected chi connectivity index (χ2v) is 5.43. The van der Waals surface area contributed by atoms with Gasteiger partial charge in [-0.2, -0.15) is 0 Å². The lowest BCUT2D eigenvalue weighted by Gasteiger charge is -2.12. The topological polar surface area (TPSA) is 47.3 Å². The van der Waals surface area contributed by atoms with E-state index in [1.165, 1.54) is 0 Å². The minimum atomic E-state index is 0.308. The quantitative estimate of drug-likeness (QED) is 0.769. The third kappa shape index (κ3) is 4.34. The van der Waals surface area contributed by atoms with E-state index < -0.39 is 0 Å². The number of thiocarbonyl (C=S) groups is 1. The summed E-state index contributed by atoms with van der Waals surface area (Å²) < 4.78 is 5.55. The van der Waals surface area contributed by atoms with E-state index in [0.29, 0.717) is 10.0 Å². The first kappa shape index (κ1) is 15.6. The molecule has 0 aliphatic carbocycles. The van der Waals surface area contributed by atoms with Crippen LogP contribution in [0.1, 0.15) is 18.9 Å². The molecule has 0 radical (unpaired) electrons. The molecule has 0 bridgehead atoms. The highest BCUT2D eigenvalue weighted by atomic mass is 35.5. The molecule has 21 heavy (non-hydrogen) atoms. The first-order valence-corrected chi connectivity index (χ1v) is 7.48. The number of hydrogen-bond acceptors (Lipinski definition) is 3. The van der Waals surface area contributed by atoms with Gasteiger partial charge in [0.25, 0.3) is 0 Å². The molecule has 0 aliphatic heterocycles. The Hall–Kier alpha value is -1.78. The summed E-state index contributed by atoms with van der Waals surface area (Å²) in [5.74, 6) is 0.855. The van der Waals surface area contributed by atoms with Crippen molar-refractivity contribution in [1.82, 2.24) is 0 Å². The number of hydrogen-bond donors (Lipinski definition) is 2. The second kappa shape index (κ2) is 7.29. The SMILES string of the molecule is CCCOc1ccc(Nc2ccc(Cl)cc2C(N)=S)cc1. The van der Waals surface area contributed by atoms with Crippen LogP contribution in [0.5, 0.6) is 5.75 Å². The normalized spacial score (nSPS) is 10.2. The third-order valence-corrected chi connectivity index (χ3v) is 3.31. The Morgan fingerprint density at radius 2 is 1.95 bits per heavy atom. The van der Waals surface area contributed by atoms with Crippen molar-refractivity contribution in [3.63, 3.8) is 0 Å². The predicted octanol–water partition coefficient (Wildman–Crippen LogP) is 4.51. The zero-order valence-corrected chi connectivity index (χ0v) is 13.3. The lowest BCUT2D eigenvalue weighted by atomic mass is 10.1. The predicted molar refractivity (Wildman–Crippen MR) is 92.9 cm³/mol. The summed E-state index contributed by atoms with van der Waals surface area (Å²) in [6.07, 6.45) is 0.988. The molecule has 110 valence electrons. The summed E-state index contributed by atoms with van der Waals surface area (Å²) in [5, 5.41) is 3.89. The number of nitrogens with two attached hydrogens (primary N) is 1. The van der Waals surface area contributed by atoms with Crippen LogP contribution in [0.3, 0.4) is 0 Å². The Kier molecular flexibility index (Phi) is 5.42. The second-order valence-electron chi connectivity index (χ2n) is 4.55. The zero-order chi connectivity index (χ0) is 15.2. The van der Waals surface area contributed by atoms with Gasteiger partial charge in [-0.1, -0.05) is 30.7 Å². The lowest BCUT2D eigenvalue weighted by Crippen LogP contribution is -2.11. The maximum Gasteiger partial charge on any atom is 0.119 e. The Morgan fingerprint density at radius 3 is 2.57 bits per heavy atom. The van der Waals surface area contributed by atoms with Gasteiger partial charge < -0.3 is 15.8 Å².